The number of nitrogens with zero attached hydrogens (tertiary/aromatic N) is 2. The summed E-state index contributed by atoms with van der Waals surface area (Å²) in [5, 5.41) is 7.00. The van der Waals surface area contributed by atoms with Crippen LogP contribution in [0, 0.1) is 5.92 Å². The van der Waals surface area contributed by atoms with Crippen LogP contribution in [0.5, 0.6) is 0 Å². The van der Waals surface area contributed by atoms with Crippen molar-refractivity contribution in [2.24, 2.45) is 5.92 Å². The Bertz CT molecular complexity index is 501. The van der Waals surface area contributed by atoms with Crippen LogP contribution in [-0.2, 0) is 0 Å². The van der Waals surface area contributed by atoms with Crippen LogP contribution in [0.2, 0.25) is 0 Å². The molecule has 1 aromatic heterocycles. The number of rotatable bonds is 4. The fraction of sp³-hybridized carbons (Fsp3) is 0.400. The van der Waals surface area contributed by atoms with Crippen LogP contribution in [0.4, 0.5) is 5.69 Å². The highest BCUT2D eigenvalue weighted by Gasteiger charge is 2.13. The lowest BCUT2D eigenvalue weighted by Gasteiger charge is -2.24. The number of hydrogen-bond donors (Lipinski definition) is 2. The van der Waals surface area contributed by atoms with E-state index in [0.29, 0.717) is 0 Å². The maximum absolute atomic E-state index is 4.12. The van der Waals surface area contributed by atoms with Gasteiger partial charge in [-0.05, 0) is 44.0 Å². The Balaban J connectivity index is 1.70. The van der Waals surface area contributed by atoms with Gasteiger partial charge in [0.15, 0.2) is 0 Å². The molecule has 1 fully saturated rings. The number of para-hydroxylation sites is 2. The zero-order valence-electron chi connectivity index (χ0n) is 11.0. The van der Waals surface area contributed by atoms with Crippen LogP contribution in [0.3, 0.4) is 0 Å². The minimum atomic E-state index is 0.775. The summed E-state index contributed by atoms with van der Waals surface area (Å²) in [7, 11) is 0. The van der Waals surface area contributed by atoms with E-state index in [9.17, 15) is 0 Å². The summed E-state index contributed by atoms with van der Waals surface area (Å²) >= 11 is 0. The van der Waals surface area contributed by atoms with Crippen LogP contribution in [0.15, 0.2) is 43.0 Å². The van der Waals surface area contributed by atoms with E-state index < -0.39 is 0 Å². The van der Waals surface area contributed by atoms with Gasteiger partial charge in [-0.3, -0.25) is 0 Å². The number of hydrogen-bond acceptors (Lipinski definition) is 3. The third kappa shape index (κ3) is 2.96. The van der Waals surface area contributed by atoms with Crippen molar-refractivity contribution in [3.8, 4) is 5.69 Å². The maximum Gasteiger partial charge on any atom is 0.0992 e. The van der Waals surface area contributed by atoms with Gasteiger partial charge in [0.2, 0.25) is 0 Å². The summed E-state index contributed by atoms with van der Waals surface area (Å²) in [6, 6.07) is 8.39. The number of benzene rings is 1. The molecule has 1 saturated heterocycles. The van der Waals surface area contributed by atoms with Crippen LogP contribution in [0.25, 0.3) is 5.69 Å². The molecule has 0 spiro atoms. The summed E-state index contributed by atoms with van der Waals surface area (Å²) in [5.74, 6) is 0.775. The molecule has 2 heterocycles. The van der Waals surface area contributed by atoms with Crippen LogP contribution >= 0.6 is 0 Å². The minimum absolute atomic E-state index is 0.775. The summed E-state index contributed by atoms with van der Waals surface area (Å²) in [6.07, 6.45) is 8.15. The molecule has 2 aromatic rings. The first-order chi connectivity index (χ1) is 9.43. The predicted molar refractivity (Wildman–Crippen MR) is 77.6 cm³/mol. The van der Waals surface area contributed by atoms with Crippen molar-refractivity contribution in [1.29, 1.82) is 0 Å². The molecular weight excluding hydrogens is 236 g/mol. The smallest absolute Gasteiger partial charge is 0.0992 e. The van der Waals surface area contributed by atoms with Gasteiger partial charge < -0.3 is 15.2 Å². The number of piperidine rings is 1. The van der Waals surface area contributed by atoms with E-state index in [4.69, 9.17) is 0 Å². The SMILES string of the molecule is c1ccc(-n2ccnc2)c(NCC2CCNCC2)c1. The molecule has 1 aliphatic heterocycles. The highest BCUT2D eigenvalue weighted by Crippen LogP contribution is 2.21. The van der Waals surface area contributed by atoms with Gasteiger partial charge in [0.1, 0.15) is 0 Å². The van der Waals surface area contributed by atoms with Gasteiger partial charge >= 0.3 is 0 Å². The first-order valence-corrected chi connectivity index (χ1v) is 6.95. The molecule has 3 rings (SSSR count). The van der Waals surface area contributed by atoms with Gasteiger partial charge in [0.25, 0.3) is 0 Å². The lowest BCUT2D eigenvalue weighted by atomic mass is 9.98. The molecule has 0 aliphatic carbocycles. The topological polar surface area (TPSA) is 41.9 Å². The molecule has 0 unspecified atom stereocenters. The Labute approximate surface area is 113 Å². The normalized spacial score (nSPS) is 16.4. The van der Waals surface area contributed by atoms with E-state index in [1.165, 1.54) is 18.5 Å². The van der Waals surface area contributed by atoms with Crippen molar-refractivity contribution in [3.63, 3.8) is 0 Å². The third-order valence-corrected chi connectivity index (χ3v) is 3.73. The van der Waals surface area contributed by atoms with Gasteiger partial charge in [-0.1, -0.05) is 12.1 Å². The average molecular weight is 256 g/mol. The number of nitrogens with one attached hydrogen (secondary N) is 2. The molecule has 1 aromatic carbocycles. The van der Waals surface area contributed by atoms with E-state index in [1.54, 1.807) is 0 Å². The van der Waals surface area contributed by atoms with Crippen molar-refractivity contribution in [2.45, 2.75) is 12.8 Å². The molecule has 0 bridgehead atoms. The molecular formula is C15H20N4. The van der Waals surface area contributed by atoms with E-state index >= 15 is 0 Å². The first kappa shape index (κ1) is 12.2. The number of imidazole rings is 1. The minimum Gasteiger partial charge on any atom is -0.383 e. The summed E-state index contributed by atoms with van der Waals surface area (Å²) in [4.78, 5) is 4.12. The predicted octanol–water partition coefficient (Wildman–Crippen LogP) is 2.28. The zero-order valence-corrected chi connectivity index (χ0v) is 11.0. The Hall–Kier alpha value is -1.81. The number of anilines is 1. The quantitative estimate of drug-likeness (QED) is 0.882. The molecule has 100 valence electrons. The van der Waals surface area contributed by atoms with Crippen molar-refractivity contribution in [3.05, 3.63) is 43.0 Å². The van der Waals surface area contributed by atoms with Crippen LogP contribution in [-0.4, -0.2) is 29.2 Å². The van der Waals surface area contributed by atoms with Crippen molar-refractivity contribution in [1.82, 2.24) is 14.9 Å². The average Bonchev–Trinajstić information content (AvgIpc) is 3.01. The second kappa shape index (κ2) is 5.89. The molecule has 4 heteroatoms. The molecule has 19 heavy (non-hydrogen) atoms. The lowest BCUT2D eigenvalue weighted by Crippen LogP contribution is -2.31. The zero-order chi connectivity index (χ0) is 12.9. The molecule has 0 amide bonds. The molecule has 1 aliphatic rings. The highest BCUT2D eigenvalue weighted by molar-refractivity contribution is 5.60. The summed E-state index contributed by atoms with van der Waals surface area (Å²) in [5.41, 5.74) is 2.34. The van der Waals surface area contributed by atoms with Gasteiger partial charge in [-0.2, -0.15) is 0 Å². The molecule has 4 nitrogen and oxygen atoms in total. The van der Waals surface area contributed by atoms with Gasteiger partial charge in [-0.25, -0.2) is 4.98 Å². The Kier molecular flexibility index (Phi) is 3.79. The van der Waals surface area contributed by atoms with Crippen LogP contribution in [0.1, 0.15) is 12.8 Å². The molecule has 0 atom stereocenters. The maximum atomic E-state index is 4.12. The third-order valence-electron chi connectivity index (χ3n) is 3.73. The monoisotopic (exact) mass is 256 g/mol. The molecule has 2 N–H and O–H groups in total. The Morgan fingerprint density at radius 1 is 1.26 bits per heavy atom. The molecule has 0 radical (unpaired) electrons. The van der Waals surface area contributed by atoms with Crippen molar-refractivity contribution in [2.75, 3.05) is 25.0 Å². The fourth-order valence-electron chi connectivity index (χ4n) is 2.59. The van der Waals surface area contributed by atoms with Crippen molar-refractivity contribution >= 4 is 5.69 Å². The highest BCUT2D eigenvalue weighted by atomic mass is 15.1. The molecule has 0 saturated carbocycles. The van der Waals surface area contributed by atoms with Gasteiger partial charge in [-0.15, -0.1) is 0 Å². The second-order valence-corrected chi connectivity index (χ2v) is 5.06. The standard InChI is InChI=1S/C15H20N4/c1-2-4-15(19-10-9-17-12-19)14(3-1)18-11-13-5-7-16-8-6-13/h1-4,9-10,12-13,16,18H,5-8,11H2. The van der Waals surface area contributed by atoms with Gasteiger partial charge in [0, 0.05) is 18.9 Å². The van der Waals surface area contributed by atoms with E-state index in [-0.39, 0.29) is 0 Å². The Morgan fingerprint density at radius 2 is 2.11 bits per heavy atom. The largest absolute Gasteiger partial charge is 0.383 e. The fourth-order valence-corrected chi connectivity index (χ4v) is 2.59. The lowest BCUT2D eigenvalue weighted by molar-refractivity contribution is 0.390. The summed E-state index contributed by atoms with van der Waals surface area (Å²) in [6.45, 7) is 3.35. The number of aromatic nitrogens is 2. The van der Waals surface area contributed by atoms with Crippen LogP contribution < -0.4 is 10.6 Å². The van der Waals surface area contributed by atoms with Crippen molar-refractivity contribution < 1.29 is 0 Å². The Morgan fingerprint density at radius 3 is 2.89 bits per heavy atom. The first-order valence-electron chi connectivity index (χ1n) is 6.95. The van der Waals surface area contributed by atoms with Gasteiger partial charge in [0.05, 0.1) is 17.7 Å². The summed E-state index contributed by atoms with van der Waals surface area (Å²) < 4.78 is 2.05. The van der Waals surface area contributed by atoms with E-state index in [0.717, 1.165) is 31.2 Å². The van der Waals surface area contributed by atoms with E-state index in [1.807, 2.05) is 23.3 Å². The second-order valence-electron chi connectivity index (χ2n) is 5.06. The van der Waals surface area contributed by atoms with E-state index in [2.05, 4.69) is 39.9 Å².